The lowest BCUT2D eigenvalue weighted by Crippen LogP contribution is -2.45. The van der Waals surface area contributed by atoms with E-state index in [0.717, 1.165) is 31.1 Å². The Labute approximate surface area is 204 Å². The maximum atomic E-state index is 13.4. The summed E-state index contributed by atoms with van der Waals surface area (Å²) in [5.41, 5.74) is 7.79. The van der Waals surface area contributed by atoms with E-state index < -0.39 is 10.0 Å². The van der Waals surface area contributed by atoms with Crippen molar-refractivity contribution < 1.29 is 8.42 Å². The molecule has 1 saturated carbocycles. The second-order valence-corrected chi connectivity index (χ2v) is 11.4. The maximum Gasteiger partial charge on any atom is 0.268 e. The molecule has 1 aliphatic rings. The molecule has 0 unspecified atom stereocenters. The van der Waals surface area contributed by atoms with Crippen LogP contribution in [-0.2, 0) is 10.0 Å². The predicted molar refractivity (Wildman–Crippen MR) is 135 cm³/mol. The molecule has 2 aromatic carbocycles. The number of nitrogens with one attached hydrogen (secondary N) is 1. The van der Waals surface area contributed by atoms with Crippen molar-refractivity contribution in [3.05, 3.63) is 72.0 Å². The number of nitrogens with two attached hydrogens (primary N) is 1. The van der Waals surface area contributed by atoms with Gasteiger partial charge < -0.3 is 11.1 Å². The molecule has 1 aliphatic carbocycles. The van der Waals surface area contributed by atoms with Gasteiger partial charge in [-0.2, -0.15) is 0 Å². The Hall–Kier alpha value is -2.94. The van der Waals surface area contributed by atoms with E-state index >= 15 is 0 Å². The van der Waals surface area contributed by atoms with E-state index in [4.69, 9.17) is 22.3 Å². The summed E-state index contributed by atoms with van der Waals surface area (Å²) in [6.07, 6.45) is 6.98. The Morgan fingerprint density at radius 1 is 1.15 bits per heavy atom. The van der Waals surface area contributed by atoms with Crippen LogP contribution in [0.25, 0.3) is 22.2 Å². The molecule has 5 rings (SSSR count). The lowest BCUT2D eigenvalue weighted by molar-refractivity contribution is 0.302. The molecule has 4 aromatic rings. The van der Waals surface area contributed by atoms with Crippen LogP contribution in [0.1, 0.15) is 32.6 Å². The van der Waals surface area contributed by atoms with E-state index in [0.29, 0.717) is 27.7 Å². The van der Waals surface area contributed by atoms with Gasteiger partial charge >= 0.3 is 0 Å². The van der Waals surface area contributed by atoms with Crippen molar-refractivity contribution in [1.82, 2.24) is 13.9 Å². The quantitative estimate of drug-likeness (QED) is 0.401. The van der Waals surface area contributed by atoms with Gasteiger partial charge in [-0.3, -0.25) is 0 Å². The second-order valence-electron chi connectivity index (χ2n) is 9.16. The molecular formula is C25H26ClN5O2S. The third-order valence-electron chi connectivity index (χ3n) is 6.32. The van der Waals surface area contributed by atoms with Crippen molar-refractivity contribution in [2.45, 2.75) is 49.1 Å². The van der Waals surface area contributed by atoms with Crippen molar-refractivity contribution in [3.8, 4) is 11.3 Å². The molecule has 2 heterocycles. The van der Waals surface area contributed by atoms with E-state index in [1.165, 1.54) is 3.97 Å². The Balaban J connectivity index is 1.58. The number of para-hydroxylation sites is 1. The van der Waals surface area contributed by atoms with E-state index in [9.17, 15) is 8.42 Å². The number of halogens is 1. The van der Waals surface area contributed by atoms with Crippen LogP contribution in [0.5, 0.6) is 0 Å². The molecule has 0 bridgehead atoms. The minimum Gasteiger partial charge on any atom is -0.351 e. The monoisotopic (exact) mass is 495 g/mol. The van der Waals surface area contributed by atoms with E-state index in [-0.39, 0.29) is 16.5 Å². The highest BCUT2D eigenvalue weighted by Gasteiger charge is 2.29. The lowest BCUT2D eigenvalue weighted by atomic mass is 9.81. The molecule has 34 heavy (non-hydrogen) atoms. The fraction of sp³-hybridized carbons (Fsp3) is 0.280. The smallest absolute Gasteiger partial charge is 0.268 e. The van der Waals surface area contributed by atoms with Crippen LogP contribution in [0.15, 0.2) is 71.9 Å². The van der Waals surface area contributed by atoms with Crippen LogP contribution >= 0.6 is 11.6 Å². The first-order valence-electron chi connectivity index (χ1n) is 11.2. The van der Waals surface area contributed by atoms with Gasteiger partial charge in [0.1, 0.15) is 0 Å². The maximum absolute atomic E-state index is 13.4. The summed E-state index contributed by atoms with van der Waals surface area (Å²) in [6, 6.07) is 15.8. The number of benzene rings is 2. The van der Waals surface area contributed by atoms with Crippen LogP contribution in [0, 0.1) is 0 Å². The molecule has 0 radical (unpaired) electrons. The molecule has 9 heteroatoms. The average molecular weight is 496 g/mol. The SMILES string of the molecule is C[C@]1(N)CCC[C@@H](Nc2ncc(Cl)c(-c3cn(S(=O)(=O)c4ccccc4)c4ccccc34)n2)C1. The first kappa shape index (κ1) is 22.8. The fourth-order valence-electron chi connectivity index (χ4n) is 4.69. The molecule has 1 fully saturated rings. The zero-order valence-corrected chi connectivity index (χ0v) is 20.4. The molecule has 7 nitrogen and oxygen atoms in total. The van der Waals surface area contributed by atoms with Crippen molar-refractivity contribution in [2.24, 2.45) is 5.73 Å². The summed E-state index contributed by atoms with van der Waals surface area (Å²) < 4.78 is 28.2. The first-order chi connectivity index (χ1) is 16.2. The second kappa shape index (κ2) is 8.69. The van der Waals surface area contributed by atoms with E-state index in [1.807, 2.05) is 18.2 Å². The third-order valence-corrected chi connectivity index (χ3v) is 8.29. The van der Waals surface area contributed by atoms with Crippen molar-refractivity contribution in [1.29, 1.82) is 0 Å². The van der Waals surface area contributed by atoms with Crippen molar-refractivity contribution in [2.75, 3.05) is 5.32 Å². The third kappa shape index (κ3) is 4.29. The van der Waals surface area contributed by atoms with Gasteiger partial charge in [0.2, 0.25) is 5.95 Å². The average Bonchev–Trinajstić information content (AvgIpc) is 3.21. The predicted octanol–water partition coefficient (Wildman–Crippen LogP) is 5.06. The highest BCUT2D eigenvalue weighted by atomic mass is 35.5. The number of anilines is 1. The zero-order valence-electron chi connectivity index (χ0n) is 18.8. The summed E-state index contributed by atoms with van der Waals surface area (Å²) in [6.45, 7) is 2.07. The van der Waals surface area contributed by atoms with Gasteiger partial charge in [0, 0.05) is 28.7 Å². The minimum atomic E-state index is -3.81. The summed E-state index contributed by atoms with van der Waals surface area (Å²) in [5, 5.41) is 4.48. The summed E-state index contributed by atoms with van der Waals surface area (Å²) in [7, 11) is -3.81. The van der Waals surface area contributed by atoms with Gasteiger partial charge in [-0.05, 0) is 50.8 Å². The molecule has 0 amide bonds. The topological polar surface area (TPSA) is 103 Å². The number of nitrogens with zero attached hydrogens (tertiary/aromatic N) is 3. The Kier molecular flexibility index (Phi) is 5.83. The fourth-order valence-corrected chi connectivity index (χ4v) is 6.28. The summed E-state index contributed by atoms with van der Waals surface area (Å²) in [4.78, 5) is 9.28. The van der Waals surface area contributed by atoms with E-state index in [1.54, 1.807) is 48.8 Å². The largest absolute Gasteiger partial charge is 0.351 e. The van der Waals surface area contributed by atoms with E-state index in [2.05, 4.69) is 17.2 Å². The number of rotatable bonds is 5. The molecular weight excluding hydrogens is 470 g/mol. The first-order valence-corrected chi connectivity index (χ1v) is 13.1. The Morgan fingerprint density at radius 3 is 2.65 bits per heavy atom. The summed E-state index contributed by atoms with van der Waals surface area (Å²) >= 11 is 6.53. The molecule has 2 aromatic heterocycles. The molecule has 0 saturated heterocycles. The molecule has 176 valence electrons. The molecule has 3 N–H and O–H groups in total. The minimum absolute atomic E-state index is 0.164. The lowest BCUT2D eigenvalue weighted by Gasteiger charge is -2.35. The molecule has 0 spiro atoms. The zero-order chi connectivity index (χ0) is 23.9. The van der Waals surface area contributed by atoms with Crippen LogP contribution < -0.4 is 11.1 Å². The van der Waals surface area contributed by atoms with Gasteiger partial charge in [-0.1, -0.05) is 48.0 Å². The molecule has 0 aliphatic heterocycles. The van der Waals surface area contributed by atoms with Crippen molar-refractivity contribution >= 4 is 38.5 Å². The van der Waals surface area contributed by atoms with Gasteiger partial charge in [-0.15, -0.1) is 0 Å². The van der Waals surface area contributed by atoms with Crippen LogP contribution in [-0.4, -0.2) is 33.9 Å². The van der Waals surface area contributed by atoms with Crippen LogP contribution in [0.3, 0.4) is 0 Å². The highest BCUT2D eigenvalue weighted by molar-refractivity contribution is 7.90. The number of hydrogen-bond donors (Lipinski definition) is 2. The number of hydrogen-bond acceptors (Lipinski definition) is 6. The van der Waals surface area contributed by atoms with Gasteiger partial charge in [0.25, 0.3) is 10.0 Å². The number of fused-ring (bicyclic) bond motifs is 1. The Bertz CT molecular complexity index is 1450. The van der Waals surface area contributed by atoms with Crippen LogP contribution in [0.2, 0.25) is 5.02 Å². The highest BCUT2D eigenvalue weighted by Crippen LogP contribution is 2.36. The van der Waals surface area contributed by atoms with Gasteiger partial charge in [0.05, 0.1) is 27.3 Å². The normalized spacial score (nSPS) is 21.0. The van der Waals surface area contributed by atoms with Crippen LogP contribution in [0.4, 0.5) is 5.95 Å². The van der Waals surface area contributed by atoms with Gasteiger partial charge in [0.15, 0.2) is 0 Å². The van der Waals surface area contributed by atoms with Crippen molar-refractivity contribution in [3.63, 3.8) is 0 Å². The number of aromatic nitrogens is 3. The van der Waals surface area contributed by atoms with Gasteiger partial charge in [-0.25, -0.2) is 22.4 Å². The summed E-state index contributed by atoms with van der Waals surface area (Å²) in [5.74, 6) is 0.449. The standard InChI is InChI=1S/C25H26ClN5O2S/c1-25(27)13-7-8-17(14-25)29-24-28-15-21(26)23(30-24)20-16-31(22-12-6-5-11-19(20)22)34(32,33)18-9-3-2-4-10-18/h2-6,9-12,15-17H,7-8,13-14,27H2,1H3,(H,28,29,30)/t17-,25+/m1/s1. The Morgan fingerprint density at radius 2 is 1.88 bits per heavy atom. The molecule has 2 atom stereocenters.